The minimum absolute atomic E-state index is 0.100. The number of allylic oxidation sites excluding steroid dienone is 1. The highest BCUT2D eigenvalue weighted by Gasteiger charge is 2.35. The first-order valence-corrected chi connectivity index (χ1v) is 8.74. The third-order valence-electron chi connectivity index (χ3n) is 3.06. The van der Waals surface area contributed by atoms with Crippen LogP contribution in [-0.2, 0) is 9.53 Å². The number of ether oxygens (including phenoxy) is 1. The first-order chi connectivity index (χ1) is 8.47. The van der Waals surface area contributed by atoms with E-state index in [9.17, 15) is 4.79 Å². The lowest BCUT2D eigenvalue weighted by molar-refractivity contribution is -0.150. The number of hydrogen-bond donors (Lipinski definition) is 0. The molecule has 1 aliphatic heterocycles. The van der Waals surface area contributed by atoms with Crippen molar-refractivity contribution in [3.8, 4) is 0 Å². The number of carbonyl (C=O) groups is 1. The van der Waals surface area contributed by atoms with Gasteiger partial charge in [-0.25, -0.2) is 4.79 Å². The van der Waals surface area contributed by atoms with Gasteiger partial charge in [0, 0.05) is 11.5 Å². The van der Waals surface area contributed by atoms with Gasteiger partial charge in [0.2, 0.25) is 0 Å². The smallest absolute Gasteiger partial charge is 0.334 e. The van der Waals surface area contributed by atoms with Crippen molar-refractivity contribution in [1.29, 1.82) is 0 Å². The van der Waals surface area contributed by atoms with E-state index in [1.54, 1.807) is 0 Å². The second-order valence-electron chi connectivity index (χ2n) is 5.81. The molecular formula is C14H22O2S2. The molecule has 0 radical (unpaired) electrons. The minimum atomic E-state index is -0.391. The van der Waals surface area contributed by atoms with Crippen LogP contribution in [0.2, 0.25) is 0 Å². The highest BCUT2D eigenvalue weighted by molar-refractivity contribution is 8.17. The Kier molecular flexibility index (Phi) is 4.70. The standard InChI is InChI=1S/C14H22O2S2/c1-14(2,3)16-12(15)10-6-4-7-11(10)13-17-8-5-9-18-13/h6,11,13H,4-5,7-9H2,1-3H3/t11-/m0/s1. The van der Waals surface area contributed by atoms with Crippen molar-refractivity contribution in [2.24, 2.45) is 5.92 Å². The number of esters is 1. The van der Waals surface area contributed by atoms with E-state index in [2.05, 4.69) is 6.08 Å². The Morgan fingerprint density at radius 2 is 2.00 bits per heavy atom. The predicted octanol–water partition coefficient (Wildman–Crippen LogP) is 3.86. The van der Waals surface area contributed by atoms with E-state index in [4.69, 9.17) is 4.74 Å². The maximum absolute atomic E-state index is 12.2. The topological polar surface area (TPSA) is 26.3 Å². The number of hydrogen-bond acceptors (Lipinski definition) is 4. The van der Waals surface area contributed by atoms with E-state index in [0.29, 0.717) is 10.5 Å². The molecule has 1 heterocycles. The fourth-order valence-corrected chi connectivity index (χ4v) is 5.58. The van der Waals surface area contributed by atoms with Crippen LogP contribution in [0.3, 0.4) is 0 Å². The Morgan fingerprint density at radius 1 is 1.33 bits per heavy atom. The molecule has 0 N–H and O–H groups in total. The summed E-state index contributed by atoms with van der Waals surface area (Å²) >= 11 is 4.03. The van der Waals surface area contributed by atoms with Crippen LogP contribution < -0.4 is 0 Å². The highest BCUT2D eigenvalue weighted by Crippen LogP contribution is 2.43. The minimum Gasteiger partial charge on any atom is -0.457 e. The molecular weight excluding hydrogens is 264 g/mol. The molecule has 0 amide bonds. The molecule has 0 saturated carbocycles. The summed E-state index contributed by atoms with van der Waals surface area (Å²) in [7, 11) is 0. The lowest BCUT2D eigenvalue weighted by Crippen LogP contribution is -2.29. The lowest BCUT2D eigenvalue weighted by Gasteiger charge is -2.29. The quantitative estimate of drug-likeness (QED) is 0.720. The van der Waals surface area contributed by atoms with Crippen LogP contribution in [0, 0.1) is 5.92 Å². The average molecular weight is 286 g/mol. The van der Waals surface area contributed by atoms with Crippen LogP contribution in [0.1, 0.15) is 40.0 Å². The monoisotopic (exact) mass is 286 g/mol. The van der Waals surface area contributed by atoms with Crippen molar-refractivity contribution < 1.29 is 9.53 Å². The molecule has 1 atom stereocenters. The van der Waals surface area contributed by atoms with Crippen molar-refractivity contribution in [3.05, 3.63) is 11.6 Å². The average Bonchev–Trinajstić information content (AvgIpc) is 2.76. The first-order valence-electron chi connectivity index (χ1n) is 6.64. The van der Waals surface area contributed by atoms with Crippen LogP contribution in [0.15, 0.2) is 11.6 Å². The molecule has 0 aromatic heterocycles. The van der Waals surface area contributed by atoms with Crippen molar-refractivity contribution >= 4 is 29.5 Å². The third kappa shape index (κ3) is 3.70. The van der Waals surface area contributed by atoms with Gasteiger partial charge in [-0.05, 0) is 51.5 Å². The van der Waals surface area contributed by atoms with Crippen LogP contribution in [-0.4, -0.2) is 27.7 Å². The van der Waals surface area contributed by atoms with Crippen LogP contribution >= 0.6 is 23.5 Å². The second-order valence-corrected chi connectivity index (χ2v) is 8.61. The van der Waals surface area contributed by atoms with Gasteiger partial charge >= 0.3 is 5.97 Å². The summed E-state index contributed by atoms with van der Waals surface area (Å²) in [5.41, 5.74) is 0.537. The molecule has 4 heteroatoms. The Balaban J connectivity index is 2.00. The highest BCUT2D eigenvalue weighted by atomic mass is 32.2. The molecule has 102 valence electrons. The zero-order valence-corrected chi connectivity index (χ0v) is 13.0. The molecule has 0 unspecified atom stereocenters. The van der Waals surface area contributed by atoms with Crippen molar-refractivity contribution in [1.82, 2.24) is 0 Å². The SMILES string of the molecule is CC(C)(C)OC(=O)C1=CCC[C@@H]1C1SCCCS1. The van der Waals surface area contributed by atoms with E-state index in [-0.39, 0.29) is 5.97 Å². The molecule has 0 bridgehead atoms. The Morgan fingerprint density at radius 3 is 2.61 bits per heavy atom. The molecule has 0 aromatic carbocycles. The van der Waals surface area contributed by atoms with Gasteiger partial charge in [0.05, 0.1) is 4.58 Å². The fraction of sp³-hybridized carbons (Fsp3) is 0.786. The van der Waals surface area contributed by atoms with Crippen LogP contribution in [0.25, 0.3) is 0 Å². The van der Waals surface area contributed by atoms with Gasteiger partial charge in [0.1, 0.15) is 5.60 Å². The van der Waals surface area contributed by atoms with E-state index < -0.39 is 5.60 Å². The van der Waals surface area contributed by atoms with E-state index >= 15 is 0 Å². The molecule has 1 saturated heterocycles. The van der Waals surface area contributed by atoms with Crippen LogP contribution in [0.5, 0.6) is 0 Å². The lowest BCUT2D eigenvalue weighted by atomic mass is 10.0. The Hall–Kier alpha value is -0.0900. The fourth-order valence-electron chi connectivity index (χ4n) is 2.32. The molecule has 2 nitrogen and oxygen atoms in total. The number of rotatable bonds is 2. The van der Waals surface area contributed by atoms with Gasteiger partial charge in [-0.2, -0.15) is 0 Å². The summed E-state index contributed by atoms with van der Waals surface area (Å²) in [6.45, 7) is 5.79. The summed E-state index contributed by atoms with van der Waals surface area (Å²) in [4.78, 5) is 12.2. The summed E-state index contributed by atoms with van der Waals surface area (Å²) in [6.07, 6.45) is 5.52. The maximum atomic E-state index is 12.2. The normalized spacial score (nSPS) is 25.9. The van der Waals surface area contributed by atoms with Gasteiger partial charge in [0.15, 0.2) is 0 Å². The van der Waals surface area contributed by atoms with Gasteiger partial charge in [-0.1, -0.05) is 6.08 Å². The molecule has 18 heavy (non-hydrogen) atoms. The largest absolute Gasteiger partial charge is 0.457 e. The van der Waals surface area contributed by atoms with E-state index in [1.807, 2.05) is 44.3 Å². The number of thioether (sulfide) groups is 2. The van der Waals surface area contributed by atoms with E-state index in [0.717, 1.165) is 18.4 Å². The zero-order chi connectivity index (χ0) is 13.2. The van der Waals surface area contributed by atoms with Gasteiger partial charge < -0.3 is 4.74 Å². The zero-order valence-electron chi connectivity index (χ0n) is 11.4. The molecule has 1 aliphatic carbocycles. The van der Waals surface area contributed by atoms with Gasteiger partial charge in [-0.3, -0.25) is 0 Å². The third-order valence-corrected chi connectivity index (χ3v) is 6.24. The predicted molar refractivity (Wildman–Crippen MR) is 80.0 cm³/mol. The van der Waals surface area contributed by atoms with Gasteiger partial charge in [-0.15, -0.1) is 23.5 Å². The first kappa shape index (κ1) is 14.3. The van der Waals surface area contributed by atoms with Crippen molar-refractivity contribution in [2.75, 3.05) is 11.5 Å². The van der Waals surface area contributed by atoms with Crippen LogP contribution in [0.4, 0.5) is 0 Å². The summed E-state index contributed by atoms with van der Waals surface area (Å²) < 4.78 is 6.07. The molecule has 0 aromatic rings. The second kappa shape index (κ2) is 5.91. The number of carbonyl (C=O) groups excluding carboxylic acids is 1. The van der Waals surface area contributed by atoms with E-state index in [1.165, 1.54) is 17.9 Å². The summed E-state index contributed by atoms with van der Waals surface area (Å²) in [5, 5.41) is 0. The maximum Gasteiger partial charge on any atom is 0.334 e. The summed E-state index contributed by atoms with van der Waals surface area (Å²) in [5.74, 6) is 2.76. The summed E-state index contributed by atoms with van der Waals surface area (Å²) in [6, 6.07) is 0. The van der Waals surface area contributed by atoms with Gasteiger partial charge in [0.25, 0.3) is 0 Å². The Bertz CT molecular complexity index is 338. The molecule has 2 aliphatic rings. The Labute approximate surface area is 118 Å². The van der Waals surface area contributed by atoms with Crippen molar-refractivity contribution in [2.45, 2.75) is 50.2 Å². The molecule has 0 spiro atoms. The molecule has 2 rings (SSSR count). The van der Waals surface area contributed by atoms with Crippen molar-refractivity contribution in [3.63, 3.8) is 0 Å². The molecule has 1 fully saturated rings.